The lowest BCUT2D eigenvalue weighted by Gasteiger charge is -2.37. The third-order valence-electron chi connectivity index (χ3n) is 4.48. The molecule has 118 valence electrons. The smallest absolute Gasteiger partial charge is 0.234 e. The second-order valence-electron chi connectivity index (χ2n) is 6.07. The summed E-state index contributed by atoms with van der Waals surface area (Å²) in [6, 6.07) is 4.61. The zero-order valence-electron chi connectivity index (χ0n) is 13.0. The first-order valence-electron chi connectivity index (χ1n) is 7.85. The van der Waals surface area contributed by atoms with Crippen LogP contribution in [-0.4, -0.2) is 37.0 Å². The van der Waals surface area contributed by atoms with Gasteiger partial charge in [-0.15, -0.1) is 11.3 Å². The highest BCUT2D eigenvalue weighted by Gasteiger charge is 2.28. The third kappa shape index (κ3) is 4.53. The number of amides is 1. The zero-order chi connectivity index (χ0) is 15.2. The largest absolute Gasteiger partial charge is 0.348 e. The van der Waals surface area contributed by atoms with Crippen LogP contribution in [0.5, 0.6) is 0 Å². The van der Waals surface area contributed by atoms with Crippen LogP contribution in [0, 0.1) is 5.92 Å². The Morgan fingerprint density at radius 1 is 1.52 bits per heavy atom. The summed E-state index contributed by atoms with van der Waals surface area (Å²) in [5.41, 5.74) is 5.88. The Bertz CT molecular complexity index is 435. The summed E-state index contributed by atoms with van der Waals surface area (Å²) in [6.07, 6.45) is 4.87. The minimum atomic E-state index is 0.0857. The minimum absolute atomic E-state index is 0.0857. The van der Waals surface area contributed by atoms with Crippen molar-refractivity contribution >= 4 is 17.2 Å². The number of nitrogens with one attached hydrogen (secondary N) is 1. The molecule has 1 aliphatic carbocycles. The van der Waals surface area contributed by atoms with Gasteiger partial charge in [0.2, 0.25) is 5.91 Å². The molecule has 1 aliphatic rings. The number of likely N-dealkylation sites (N-methyl/N-ethyl adjacent to an activating group) is 1. The number of nitrogens with two attached hydrogens (primary N) is 1. The van der Waals surface area contributed by atoms with Crippen LogP contribution >= 0.6 is 11.3 Å². The maximum Gasteiger partial charge on any atom is 0.234 e. The number of rotatable bonds is 6. The van der Waals surface area contributed by atoms with Gasteiger partial charge in [0.15, 0.2) is 0 Å². The Morgan fingerprint density at radius 2 is 2.29 bits per heavy atom. The molecule has 4 nitrogen and oxygen atoms in total. The van der Waals surface area contributed by atoms with Crippen molar-refractivity contribution in [1.82, 2.24) is 10.2 Å². The number of hydrogen-bond donors (Lipinski definition) is 2. The van der Waals surface area contributed by atoms with Gasteiger partial charge in [-0.25, -0.2) is 0 Å². The fourth-order valence-electron chi connectivity index (χ4n) is 3.28. The Hall–Kier alpha value is -0.910. The first kappa shape index (κ1) is 16.5. The summed E-state index contributed by atoms with van der Waals surface area (Å²) in [4.78, 5) is 15.6. The topological polar surface area (TPSA) is 58.4 Å². The Balaban J connectivity index is 1.83. The molecule has 1 fully saturated rings. The molecule has 21 heavy (non-hydrogen) atoms. The summed E-state index contributed by atoms with van der Waals surface area (Å²) >= 11 is 1.68. The highest BCUT2D eigenvalue weighted by atomic mass is 32.1. The Kier molecular flexibility index (Phi) is 6.21. The van der Waals surface area contributed by atoms with Gasteiger partial charge in [0, 0.05) is 10.9 Å². The van der Waals surface area contributed by atoms with E-state index in [2.05, 4.69) is 16.3 Å². The van der Waals surface area contributed by atoms with Crippen molar-refractivity contribution in [1.29, 1.82) is 0 Å². The van der Waals surface area contributed by atoms with Crippen LogP contribution in [0.2, 0.25) is 0 Å². The third-order valence-corrected chi connectivity index (χ3v) is 5.53. The van der Waals surface area contributed by atoms with Gasteiger partial charge < -0.3 is 11.1 Å². The molecule has 0 radical (unpaired) electrons. The maximum atomic E-state index is 12.2. The first-order valence-corrected chi connectivity index (χ1v) is 8.73. The van der Waals surface area contributed by atoms with E-state index < -0.39 is 0 Å². The van der Waals surface area contributed by atoms with E-state index in [0.717, 1.165) is 13.0 Å². The number of thiophene rings is 1. The molecule has 5 heteroatoms. The van der Waals surface area contributed by atoms with E-state index >= 15 is 0 Å². The monoisotopic (exact) mass is 309 g/mol. The molecule has 3 atom stereocenters. The molecular formula is C16H27N3OS. The van der Waals surface area contributed by atoms with Gasteiger partial charge in [0.05, 0.1) is 12.6 Å². The Morgan fingerprint density at radius 3 is 2.95 bits per heavy atom. The maximum absolute atomic E-state index is 12.2. The summed E-state index contributed by atoms with van der Waals surface area (Å²) in [5, 5.41) is 5.12. The molecule has 0 spiro atoms. The average molecular weight is 309 g/mol. The number of carbonyl (C=O) groups is 1. The van der Waals surface area contributed by atoms with E-state index in [1.165, 1.54) is 24.1 Å². The quantitative estimate of drug-likeness (QED) is 0.848. The average Bonchev–Trinajstić information content (AvgIpc) is 3.01. The van der Waals surface area contributed by atoms with E-state index in [-0.39, 0.29) is 11.9 Å². The van der Waals surface area contributed by atoms with Crippen LogP contribution < -0.4 is 11.1 Å². The normalized spacial score (nSPS) is 24.0. The standard InChI is InChI=1S/C16H27N3OS/c1-12(15-8-5-9-21-15)18-16(20)11-19(2)14-7-4-3-6-13(14)10-17/h5,8-9,12-14H,3-4,6-7,10-11,17H2,1-2H3,(H,18,20). The molecule has 0 bridgehead atoms. The molecule has 1 saturated carbocycles. The molecule has 1 heterocycles. The number of nitrogens with zero attached hydrogens (tertiary/aromatic N) is 1. The molecule has 1 aromatic rings. The highest BCUT2D eigenvalue weighted by Crippen LogP contribution is 2.27. The molecule has 0 aliphatic heterocycles. The van der Waals surface area contributed by atoms with Crippen LogP contribution in [0.4, 0.5) is 0 Å². The predicted octanol–water partition coefficient (Wildman–Crippen LogP) is 2.37. The molecule has 1 amide bonds. The van der Waals surface area contributed by atoms with Gasteiger partial charge in [-0.3, -0.25) is 9.69 Å². The van der Waals surface area contributed by atoms with Crippen molar-refractivity contribution in [2.45, 2.75) is 44.7 Å². The van der Waals surface area contributed by atoms with Gasteiger partial charge in [0.1, 0.15) is 0 Å². The van der Waals surface area contributed by atoms with Crippen molar-refractivity contribution in [3.05, 3.63) is 22.4 Å². The molecule has 0 aromatic carbocycles. The van der Waals surface area contributed by atoms with Crippen LogP contribution in [0.1, 0.15) is 43.5 Å². The molecule has 3 N–H and O–H groups in total. The fourth-order valence-corrected chi connectivity index (χ4v) is 4.02. The minimum Gasteiger partial charge on any atom is -0.348 e. The van der Waals surface area contributed by atoms with Crippen LogP contribution in [0.25, 0.3) is 0 Å². The summed E-state index contributed by atoms with van der Waals surface area (Å²) in [5.74, 6) is 0.631. The second-order valence-corrected chi connectivity index (χ2v) is 7.05. The van der Waals surface area contributed by atoms with E-state index in [1.54, 1.807) is 11.3 Å². The van der Waals surface area contributed by atoms with Gasteiger partial charge in [-0.05, 0) is 50.7 Å². The highest BCUT2D eigenvalue weighted by molar-refractivity contribution is 7.10. The van der Waals surface area contributed by atoms with E-state index in [4.69, 9.17) is 5.73 Å². The number of carbonyl (C=O) groups excluding carboxylic acids is 1. The molecule has 2 rings (SSSR count). The summed E-state index contributed by atoms with van der Waals surface area (Å²) < 4.78 is 0. The fraction of sp³-hybridized carbons (Fsp3) is 0.688. The van der Waals surface area contributed by atoms with Crippen LogP contribution in [0.3, 0.4) is 0 Å². The van der Waals surface area contributed by atoms with Crippen molar-refractivity contribution < 1.29 is 4.79 Å². The van der Waals surface area contributed by atoms with E-state index in [0.29, 0.717) is 18.5 Å². The van der Waals surface area contributed by atoms with Crippen molar-refractivity contribution in [2.24, 2.45) is 11.7 Å². The molecule has 0 saturated heterocycles. The predicted molar refractivity (Wildman–Crippen MR) is 88.3 cm³/mol. The zero-order valence-corrected chi connectivity index (χ0v) is 13.9. The molecular weight excluding hydrogens is 282 g/mol. The van der Waals surface area contributed by atoms with E-state index in [1.807, 2.05) is 25.4 Å². The van der Waals surface area contributed by atoms with Gasteiger partial charge in [-0.2, -0.15) is 0 Å². The van der Waals surface area contributed by atoms with E-state index in [9.17, 15) is 4.79 Å². The molecule has 3 unspecified atom stereocenters. The molecule has 1 aromatic heterocycles. The van der Waals surface area contributed by atoms with Crippen molar-refractivity contribution in [3.63, 3.8) is 0 Å². The van der Waals surface area contributed by atoms with Gasteiger partial charge >= 0.3 is 0 Å². The lowest BCUT2D eigenvalue weighted by Crippen LogP contribution is -2.47. The lowest BCUT2D eigenvalue weighted by atomic mass is 9.84. The summed E-state index contributed by atoms with van der Waals surface area (Å²) in [7, 11) is 2.05. The SMILES string of the molecule is CC(NC(=O)CN(C)C1CCCCC1CN)c1cccs1. The lowest BCUT2D eigenvalue weighted by molar-refractivity contribution is -0.123. The summed E-state index contributed by atoms with van der Waals surface area (Å²) in [6.45, 7) is 3.21. The van der Waals surface area contributed by atoms with Crippen molar-refractivity contribution in [2.75, 3.05) is 20.1 Å². The van der Waals surface area contributed by atoms with Crippen molar-refractivity contribution in [3.8, 4) is 0 Å². The van der Waals surface area contributed by atoms with Crippen LogP contribution in [0.15, 0.2) is 17.5 Å². The number of hydrogen-bond acceptors (Lipinski definition) is 4. The second kappa shape index (κ2) is 7.92. The first-order chi connectivity index (χ1) is 10.1. The van der Waals surface area contributed by atoms with Gasteiger partial charge in [-0.1, -0.05) is 18.9 Å². The Labute approximate surface area is 131 Å². The van der Waals surface area contributed by atoms with Gasteiger partial charge in [0.25, 0.3) is 0 Å². The van der Waals surface area contributed by atoms with Crippen LogP contribution in [-0.2, 0) is 4.79 Å².